The van der Waals surface area contributed by atoms with Crippen molar-refractivity contribution < 1.29 is 4.74 Å². The Bertz CT molecular complexity index is 630. The van der Waals surface area contributed by atoms with Crippen LogP contribution in [0.15, 0.2) is 24.3 Å². The molecule has 2 aliphatic heterocycles. The number of hydrogen-bond donors (Lipinski definition) is 0. The number of nitrogens with zero attached hydrogens (tertiary/aromatic N) is 3. The third kappa shape index (κ3) is 2.36. The maximum Gasteiger partial charge on any atom is 0.114 e. The van der Waals surface area contributed by atoms with E-state index >= 15 is 0 Å². The standard InChI is InChI=1S/C17H23N3O/c1-19-16-5-3-2-4-15(16)18-17(19)13-6-9-20(12-13)14-7-10-21-11-8-14/h2-5,13-14H,6-12H2,1H3/t13-/m0/s1. The topological polar surface area (TPSA) is 30.3 Å². The van der Waals surface area contributed by atoms with E-state index in [1.54, 1.807) is 0 Å². The van der Waals surface area contributed by atoms with Crippen molar-refractivity contribution in [2.75, 3.05) is 26.3 Å². The van der Waals surface area contributed by atoms with E-state index in [1.807, 2.05) is 0 Å². The molecule has 2 fully saturated rings. The molecule has 0 spiro atoms. The number of ether oxygens (including phenoxy) is 1. The maximum atomic E-state index is 5.49. The first-order valence-electron chi connectivity index (χ1n) is 8.06. The van der Waals surface area contributed by atoms with Crippen LogP contribution < -0.4 is 0 Å². The molecule has 1 atom stereocenters. The fourth-order valence-electron chi connectivity index (χ4n) is 3.91. The van der Waals surface area contributed by atoms with Crippen LogP contribution in [0.2, 0.25) is 0 Å². The van der Waals surface area contributed by atoms with Crippen LogP contribution in [-0.4, -0.2) is 46.8 Å². The zero-order valence-electron chi connectivity index (χ0n) is 12.7. The molecule has 0 saturated carbocycles. The van der Waals surface area contributed by atoms with Crippen LogP contribution in [0.5, 0.6) is 0 Å². The van der Waals surface area contributed by atoms with Gasteiger partial charge in [0.05, 0.1) is 11.0 Å². The predicted molar refractivity (Wildman–Crippen MR) is 83.5 cm³/mol. The normalized spacial score (nSPS) is 24.9. The quantitative estimate of drug-likeness (QED) is 0.849. The Morgan fingerprint density at radius 1 is 1.14 bits per heavy atom. The van der Waals surface area contributed by atoms with Gasteiger partial charge < -0.3 is 9.30 Å². The molecule has 0 bridgehead atoms. The van der Waals surface area contributed by atoms with Crippen LogP contribution in [0.25, 0.3) is 11.0 Å². The third-order valence-electron chi connectivity index (χ3n) is 5.11. The summed E-state index contributed by atoms with van der Waals surface area (Å²) < 4.78 is 7.77. The summed E-state index contributed by atoms with van der Waals surface area (Å²) in [7, 11) is 2.15. The van der Waals surface area contributed by atoms with Gasteiger partial charge in [-0.2, -0.15) is 0 Å². The Balaban J connectivity index is 1.55. The number of rotatable bonds is 2. The second kappa shape index (κ2) is 5.43. The molecule has 2 saturated heterocycles. The zero-order valence-corrected chi connectivity index (χ0v) is 12.7. The molecular formula is C17H23N3O. The number of fused-ring (bicyclic) bond motifs is 1. The van der Waals surface area contributed by atoms with E-state index in [0.29, 0.717) is 5.92 Å². The van der Waals surface area contributed by atoms with E-state index in [-0.39, 0.29) is 0 Å². The van der Waals surface area contributed by atoms with Crippen molar-refractivity contribution in [1.29, 1.82) is 0 Å². The summed E-state index contributed by atoms with van der Waals surface area (Å²) in [6, 6.07) is 9.17. The zero-order chi connectivity index (χ0) is 14.2. The van der Waals surface area contributed by atoms with Gasteiger partial charge in [0.2, 0.25) is 0 Å². The van der Waals surface area contributed by atoms with Crippen molar-refractivity contribution in [2.45, 2.75) is 31.2 Å². The number of aromatic nitrogens is 2. The minimum atomic E-state index is 0.574. The average Bonchev–Trinajstić information content (AvgIpc) is 3.14. The Labute approximate surface area is 125 Å². The van der Waals surface area contributed by atoms with Gasteiger partial charge in [-0.25, -0.2) is 4.98 Å². The highest BCUT2D eigenvalue weighted by Gasteiger charge is 2.32. The first-order chi connectivity index (χ1) is 10.3. The number of imidazole rings is 1. The fourth-order valence-corrected chi connectivity index (χ4v) is 3.91. The van der Waals surface area contributed by atoms with E-state index in [9.17, 15) is 0 Å². The number of hydrogen-bond acceptors (Lipinski definition) is 3. The van der Waals surface area contributed by atoms with Crippen LogP contribution in [0, 0.1) is 0 Å². The highest BCUT2D eigenvalue weighted by atomic mass is 16.5. The van der Waals surface area contributed by atoms with Gasteiger partial charge in [0.1, 0.15) is 5.82 Å². The van der Waals surface area contributed by atoms with Crippen LogP contribution in [-0.2, 0) is 11.8 Å². The van der Waals surface area contributed by atoms with E-state index < -0.39 is 0 Å². The Hall–Kier alpha value is -1.39. The highest BCUT2D eigenvalue weighted by Crippen LogP contribution is 2.31. The van der Waals surface area contributed by atoms with Gasteiger partial charge in [-0.15, -0.1) is 0 Å². The van der Waals surface area contributed by atoms with Crippen molar-refractivity contribution in [3.63, 3.8) is 0 Å². The molecule has 1 aromatic heterocycles. The van der Waals surface area contributed by atoms with E-state index in [0.717, 1.165) is 31.3 Å². The molecule has 3 heterocycles. The van der Waals surface area contributed by atoms with E-state index in [1.165, 1.54) is 37.1 Å². The molecule has 2 aromatic rings. The van der Waals surface area contributed by atoms with Gasteiger partial charge in [0, 0.05) is 38.8 Å². The number of likely N-dealkylation sites (tertiary alicyclic amines) is 1. The summed E-state index contributed by atoms with van der Waals surface area (Å²) in [5.41, 5.74) is 2.37. The van der Waals surface area contributed by atoms with Crippen molar-refractivity contribution >= 4 is 11.0 Å². The third-order valence-corrected chi connectivity index (χ3v) is 5.11. The van der Waals surface area contributed by atoms with E-state index in [2.05, 4.69) is 40.8 Å². The van der Waals surface area contributed by atoms with Gasteiger partial charge in [-0.1, -0.05) is 12.1 Å². The predicted octanol–water partition coefficient (Wildman–Crippen LogP) is 2.54. The fraction of sp³-hybridized carbons (Fsp3) is 0.588. The Morgan fingerprint density at radius 2 is 1.95 bits per heavy atom. The van der Waals surface area contributed by atoms with Gasteiger partial charge in [-0.3, -0.25) is 4.90 Å². The molecule has 4 nitrogen and oxygen atoms in total. The Kier molecular flexibility index (Phi) is 3.43. The lowest BCUT2D eigenvalue weighted by Crippen LogP contribution is -2.37. The SMILES string of the molecule is Cn1c([C@H]2CCN(C3CCOCC3)C2)nc2ccccc21. The molecule has 112 valence electrons. The molecule has 0 N–H and O–H groups in total. The molecular weight excluding hydrogens is 262 g/mol. The summed E-state index contributed by atoms with van der Waals surface area (Å²) >= 11 is 0. The molecule has 4 heteroatoms. The monoisotopic (exact) mass is 285 g/mol. The lowest BCUT2D eigenvalue weighted by atomic mass is 10.1. The second-order valence-corrected chi connectivity index (χ2v) is 6.34. The van der Waals surface area contributed by atoms with Crippen molar-refractivity contribution in [1.82, 2.24) is 14.5 Å². The van der Waals surface area contributed by atoms with Crippen molar-refractivity contribution in [3.05, 3.63) is 30.1 Å². The first kappa shape index (κ1) is 13.3. The Morgan fingerprint density at radius 3 is 2.76 bits per heavy atom. The van der Waals surface area contributed by atoms with Crippen LogP contribution in [0.3, 0.4) is 0 Å². The lowest BCUT2D eigenvalue weighted by Gasteiger charge is -2.31. The summed E-state index contributed by atoms with van der Waals surface area (Å²) in [6.07, 6.45) is 3.61. The second-order valence-electron chi connectivity index (χ2n) is 6.34. The van der Waals surface area contributed by atoms with Gasteiger partial charge in [-0.05, 0) is 37.9 Å². The largest absolute Gasteiger partial charge is 0.381 e. The molecule has 0 radical (unpaired) electrons. The van der Waals surface area contributed by atoms with Gasteiger partial charge in [0.25, 0.3) is 0 Å². The van der Waals surface area contributed by atoms with Gasteiger partial charge >= 0.3 is 0 Å². The molecule has 4 rings (SSSR count). The smallest absolute Gasteiger partial charge is 0.114 e. The summed E-state index contributed by atoms with van der Waals surface area (Å²) in [4.78, 5) is 7.54. The summed E-state index contributed by atoms with van der Waals surface area (Å²) in [6.45, 7) is 4.22. The molecule has 0 unspecified atom stereocenters. The number of para-hydroxylation sites is 2. The maximum absolute atomic E-state index is 5.49. The van der Waals surface area contributed by atoms with Crippen LogP contribution in [0.4, 0.5) is 0 Å². The van der Waals surface area contributed by atoms with E-state index in [4.69, 9.17) is 9.72 Å². The minimum Gasteiger partial charge on any atom is -0.381 e. The lowest BCUT2D eigenvalue weighted by molar-refractivity contribution is 0.0419. The molecule has 0 amide bonds. The van der Waals surface area contributed by atoms with Crippen LogP contribution >= 0.6 is 0 Å². The number of benzene rings is 1. The summed E-state index contributed by atoms with van der Waals surface area (Å²) in [5.74, 6) is 1.83. The van der Waals surface area contributed by atoms with Crippen molar-refractivity contribution in [2.24, 2.45) is 7.05 Å². The molecule has 1 aromatic carbocycles. The first-order valence-corrected chi connectivity index (χ1v) is 8.06. The molecule has 0 aliphatic carbocycles. The number of aryl methyl sites for hydroxylation is 1. The molecule has 21 heavy (non-hydrogen) atoms. The van der Waals surface area contributed by atoms with Crippen molar-refractivity contribution in [3.8, 4) is 0 Å². The highest BCUT2D eigenvalue weighted by molar-refractivity contribution is 5.75. The van der Waals surface area contributed by atoms with Crippen LogP contribution in [0.1, 0.15) is 31.0 Å². The molecule has 2 aliphatic rings. The average molecular weight is 285 g/mol. The van der Waals surface area contributed by atoms with Gasteiger partial charge in [0.15, 0.2) is 0 Å². The summed E-state index contributed by atoms with van der Waals surface area (Å²) in [5, 5.41) is 0. The minimum absolute atomic E-state index is 0.574.